The average Bonchev–Trinajstić information content (AvgIpc) is 2.34. The maximum atomic E-state index is 11.9. The molecule has 102 valence electrons. The summed E-state index contributed by atoms with van der Waals surface area (Å²) in [5.41, 5.74) is 0.522. The van der Waals surface area contributed by atoms with Crippen molar-refractivity contribution in [2.75, 3.05) is 26.7 Å². The highest BCUT2D eigenvalue weighted by molar-refractivity contribution is 7.81. The Morgan fingerprint density at radius 2 is 2.39 bits per heavy atom. The van der Waals surface area contributed by atoms with Crippen molar-refractivity contribution in [2.24, 2.45) is 0 Å². The summed E-state index contributed by atoms with van der Waals surface area (Å²) >= 11 is -1.57. The Hall–Kier alpha value is -0.960. The number of rotatable bonds is 3. The van der Waals surface area contributed by atoms with Gasteiger partial charge in [-0.2, -0.15) is 0 Å². The second-order valence-electron chi connectivity index (χ2n) is 4.28. The standard InChI is InChI=1S/C10H18N4O3S/c1-7-6-14(18(16)13-10(7)15)9-5-12-4-8(17-9)3-11-2/h6,8-9,11-12H,3-5H2,1-2H3,(H,13,15). The van der Waals surface area contributed by atoms with Crippen LogP contribution in [0, 0.1) is 0 Å². The van der Waals surface area contributed by atoms with Gasteiger partial charge in [0.1, 0.15) is 0 Å². The van der Waals surface area contributed by atoms with Gasteiger partial charge < -0.3 is 15.4 Å². The predicted octanol–water partition coefficient (Wildman–Crippen LogP) is -1.57. The van der Waals surface area contributed by atoms with Crippen LogP contribution in [0.25, 0.3) is 0 Å². The molecule has 1 saturated heterocycles. The van der Waals surface area contributed by atoms with E-state index in [-0.39, 0.29) is 18.2 Å². The van der Waals surface area contributed by atoms with Crippen molar-refractivity contribution >= 4 is 17.1 Å². The molecular formula is C10H18N4O3S. The van der Waals surface area contributed by atoms with Gasteiger partial charge in [0, 0.05) is 31.4 Å². The van der Waals surface area contributed by atoms with Crippen molar-refractivity contribution in [3.63, 3.8) is 0 Å². The number of carbonyl (C=O) groups is 1. The molecule has 7 nitrogen and oxygen atoms in total. The summed E-state index contributed by atoms with van der Waals surface area (Å²) in [5, 5.41) is 6.27. The highest BCUT2D eigenvalue weighted by Gasteiger charge is 2.32. The number of likely N-dealkylation sites (N-methyl/N-ethyl adjacent to an activating group) is 1. The first-order valence-corrected chi connectivity index (χ1v) is 6.93. The number of carbonyl (C=O) groups excluding carboxylic acids is 1. The molecule has 2 aliphatic rings. The minimum absolute atomic E-state index is 0.0251. The molecule has 0 aliphatic carbocycles. The van der Waals surface area contributed by atoms with Crippen LogP contribution in [-0.4, -0.2) is 53.4 Å². The third-order valence-electron chi connectivity index (χ3n) is 2.81. The number of nitrogens with one attached hydrogen (secondary N) is 3. The molecule has 0 radical (unpaired) electrons. The van der Waals surface area contributed by atoms with Crippen molar-refractivity contribution in [1.29, 1.82) is 0 Å². The minimum Gasteiger partial charge on any atom is -0.350 e. The van der Waals surface area contributed by atoms with E-state index in [9.17, 15) is 9.00 Å². The van der Waals surface area contributed by atoms with E-state index in [1.807, 2.05) is 7.05 Å². The minimum atomic E-state index is -1.57. The summed E-state index contributed by atoms with van der Waals surface area (Å²) in [6.07, 6.45) is 1.27. The van der Waals surface area contributed by atoms with Gasteiger partial charge in [-0.1, -0.05) is 0 Å². The van der Waals surface area contributed by atoms with Gasteiger partial charge in [-0.3, -0.25) is 13.8 Å². The number of amides is 1. The van der Waals surface area contributed by atoms with Crippen molar-refractivity contribution in [2.45, 2.75) is 19.3 Å². The predicted molar refractivity (Wildman–Crippen MR) is 67.3 cm³/mol. The third-order valence-corrected chi connectivity index (χ3v) is 3.89. The fourth-order valence-corrected chi connectivity index (χ4v) is 2.90. The summed E-state index contributed by atoms with van der Waals surface area (Å²) in [6, 6.07) is 0. The number of hydrogen-bond acceptors (Lipinski definition) is 5. The van der Waals surface area contributed by atoms with E-state index in [0.29, 0.717) is 12.1 Å². The molecule has 1 amide bonds. The van der Waals surface area contributed by atoms with Gasteiger partial charge in [0.05, 0.1) is 6.10 Å². The normalized spacial score (nSPS) is 33.0. The van der Waals surface area contributed by atoms with Crippen LogP contribution in [0.2, 0.25) is 0 Å². The quantitative estimate of drug-likeness (QED) is 0.579. The zero-order valence-corrected chi connectivity index (χ0v) is 11.3. The molecule has 3 N–H and O–H groups in total. The number of ether oxygens (including phenoxy) is 1. The maximum Gasteiger partial charge on any atom is 0.261 e. The Bertz CT molecular complexity index is 385. The van der Waals surface area contributed by atoms with Crippen LogP contribution >= 0.6 is 0 Å². The van der Waals surface area contributed by atoms with Crippen LogP contribution in [0.5, 0.6) is 0 Å². The zero-order chi connectivity index (χ0) is 13.1. The molecule has 0 aromatic rings. The highest BCUT2D eigenvalue weighted by atomic mass is 32.2. The van der Waals surface area contributed by atoms with E-state index in [1.54, 1.807) is 13.1 Å². The van der Waals surface area contributed by atoms with Crippen LogP contribution in [0.4, 0.5) is 0 Å². The largest absolute Gasteiger partial charge is 0.350 e. The van der Waals surface area contributed by atoms with E-state index in [1.165, 1.54) is 4.31 Å². The monoisotopic (exact) mass is 274 g/mol. The smallest absolute Gasteiger partial charge is 0.261 e. The molecule has 0 bridgehead atoms. The number of nitrogens with zero attached hydrogens (tertiary/aromatic N) is 1. The Kier molecular flexibility index (Phi) is 4.33. The Labute approximate surface area is 109 Å². The number of morpholine rings is 1. The topological polar surface area (TPSA) is 82.7 Å². The van der Waals surface area contributed by atoms with Crippen LogP contribution in [0.15, 0.2) is 11.8 Å². The zero-order valence-electron chi connectivity index (χ0n) is 10.4. The molecular weight excluding hydrogens is 256 g/mol. The molecule has 0 aromatic heterocycles. The molecule has 0 spiro atoms. The van der Waals surface area contributed by atoms with Crippen molar-refractivity contribution < 1.29 is 13.7 Å². The van der Waals surface area contributed by atoms with E-state index >= 15 is 0 Å². The Balaban J connectivity index is 2.06. The van der Waals surface area contributed by atoms with Gasteiger partial charge in [-0.15, -0.1) is 0 Å². The first-order valence-electron chi connectivity index (χ1n) is 5.82. The average molecular weight is 274 g/mol. The second kappa shape index (κ2) is 5.79. The van der Waals surface area contributed by atoms with E-state index < -0.39 is 11.2 Å². The summed E-state index contributed by atoms with van der Waals surface area (Å²) in [6.45, 7) is 3.73. The summed E-state index contributed by atoms with van der Waals surface area (Å²) in [5.74, 6) is -0.305. The lowest BCUT2D eigenvalue weighted by Gasteiger charge is -2.37. The first kappa shape index (κ1) is 13.5. The lowest BCUT2D eigenvalue weighted by atomic mass is 10.3. The van der Waals surface area contributed by atoms with Crippen molar-refractivity contribution in [3.05, 3.63) is 11.8 Å². The summed E-state index contributed by atoms with van der Waals surface area (Å²) in [4.78, 5) is 11.3. The summed E-state index contributed by atoms with van der Waals surface area (Å²) in [7, 11) is 1.86. The van der Waals surface area contributed by atoms with Gasteiger partial charge in [0.15, 0.2) is 6.23 Å². The van der Waals surface area contributed by atoms with Crippen LogP contribution in [0.1, 0.15) is 6.92 Å². The molecule has 3 atom stereocenters. The molecule has 8 heteroatoms. The van der Waals surface area contributed by atoms with Crippen LogP contribution in [0.3, 0.4) is 0 Å². The lowest BCUT2D eigenvalue weighted by Crippen LogP contribution is -2.56. The van der Waals surface area contributed by atoms with Gasteiger partial charge in [0.2, 0.25) is 11.2 Å². The Morgan fingerprint density at radius 1 is 1.61 bits per heavy atom. The van der Waals surface area contributed by atoms with E-state index in [0.717, 1.165) is 13.1 Å². The molecule has 2 heterocycles. The Morgan fingerprint density at radius 3 is 3.11 bits per heavy atom. The molecule has 2 rings (SSSR count). The fraction of sp³-hybridized carbons (Fsp3) is 0.700. The van der Waals surface area contributed by atoms with Gasteiger partial charge in [0.25, 0.3) is 5.91 Å². The molecule has 3 unspecified atom stereocenters. The van der Waals surface area contributed by atoms with Gasteiger partial charge in [-0.05, 0) is 14.0 Å². The van der Waals surface area contributed by atoms with Crippen molar-refractivity contribution in [1.82, 2.24) is 19.7 Å². The van der Waals surface area contributed by atoms with Gasteiger partial charge >= 0.3 is 0 Å². The molecule has 0 aromatic carbocycles. The van der Waals surface area contributed by atoms with E-state index in [4.69, 9.17) is 4.74 Å². The third kappa shape index (κ3) is 2.89. The second-order valence-corrected chi connectivity index (χ2v) is 5.41. The van der Waals surface area contributed by atoms with Crippen LogP contribution < -0.4 is 15.4 Å². The highest BCUT2D eigenvalue weighted by Crippen LogP contribution is 2.15. The molecule has 2 aliphatic heterocycles. The lowest BCUT2D eigenvalue weighted by molar-refractivity contribution is -0.116. The van der Waals surface area contributed by atoms with E-state index in [2.05, 4.69) is 15.4 Å². The van der Waals surface area contributed by atoms with Crippen LogP contribution in [-0.2, 0) is 20.7 Å². The fourth-order valence-electron chi connectivity index (χ4n) is 1.88. The SMILES string of the molecule is CNCC1CNCC(N2C=C(C)C(=O)NS2=O)O1. The number of hydrogen-bond donors (Lipinski definition) is 3. The van der Waals surface area contributed by atoms with Crippen molar-refractivity contribution in [3.8, 4) is 0 Å². The summed E-state index contributed by atoms with van der Waals surface area (Å²) < 4.78 is 21.6. The maximum absolute atomic E-state index is 11.9. The first-order chi connectivity index (χ1) is 8.61. The molecule has 1 fully saturated rings. The van der Waals surface area contributed by atoms with Gasteiger partial charge in [-0.25, -0.2) is 4.21 Å². The molecule has 18 heavy (non-hydrogen) atoms. The molecule has 0 saturated carbocycles.